The van der Waals surface area contributed by atoms with E-state index in [-0.39, 0.29) is 18.2 Å². The summed E-state index contributed by atoms with van der Waals surface area (Å²) in [5, 5.41) is 0. The minimum atomic E-state index is -3.44. The van der Waals surface area contributed by atoms with Crippen molar-refractivity contribution < 1.29 is 23.5 Å². The van der Waals surface area contributed by atoms with E-state index in [4.69, 9.17) is 18.9 Å². The van der Waals surface area contributed by atoms with E-state index in [2.05, 4.69) is 0 Å². The predicted octanol–water partition coefficient (Wildman–Crippen LogP) is -0.419. The van der Waals surface area contributed by atoms with Crippen LogP contribution in [0.4, 0.5) is 0 Å². The van der Waals surface area contributed by atoms with Crippen molar-refractivity contribution in [1.82, 2.24) is 0 Å². The van der Waals surface area contributed by atoms with E-state index in [1.54, 1.807) is 7.11 Å². The molecule has 1 rings (SSSR count). The molecule has 0 aromatic carbocycles. The maximum absolute atomic E-state index is 11.1. The normalized spacial score (nSPS) is 36.9. The van der Waals surface area contributed by atoms with E-state index in [9.17, 15) is 4.57 Å². The summed E-state index contributed by atoms with van der Waals surface area (Å²) in [5.74, 6) is 0. The number of rotatable bonds is 4. The first kappa shape index (κ1) is 12.2. The zero-order valence-corrected chi connectivity index (χ0v) is 9.57. The van der Waals surface area contributed by atoms with Crippen molar-refractivity contribution in [1.29, 1.82) is 0 Å². The first-order valence-electron chi connectivity index (χ1n) is 4.55. The first-order valence-corrected chi connectivity index (χ1v) is 6.58. The van der Waals surface area contributed by atoms with Gasteiger partial charge < -0.3 is 18.9 Å². The smallest absolute Gasteiger partial charge is 0.325 e. The second kappa shape index (κ2) is 4.77. The highest BCUT2D eigenvalue weighted by Crippen LogP contribution is 2.41. The maximum Gasteiger partial charge on any atom is 0.325 e. The van der Waals surface area contributed by atoms with Crippen molar-refractivity contribution in [3.63, 3.8) is 0 Å². The minimum Gasteiger partial charge on any atom is -0.382 e. The standard InChI is InChI=1S/C7H16BO5P/c1-11-4-6-5(3-7(8)12-6)13-14(2,9)10/h5-7H,3-4,8H2,1-2H3,(H,9,10)/t5?,6-,7-/m1/s1. The van der Waals surface area contributed by atoms with E-state index in [1.807, 2.05) is 7.85 Å². The highest BCUT2D eigenvalue weighted by molar-refractivity contribution is 7.51. The molecule has 82 valence electrons. The minimum absolute atomic E-state index is 0.0479. The van der Waals surface area contributed by atoms with Gasteiger partial charge in [-0.15, -0.1) is 0 Å². The van der Waals surface area contributed by atoms with Gasteiger partial charge in [-0.25, -0.2) is 0 Å². The van der Waals surface area contributed by atoms with Crippen molar-refractivity contribution in [2.24, 2.45) is 0 Å². The van der Waals surface area contributed by atoms with Crippen LogP contribution in [0.25, 0.3) is 0 Å². The molecule has 0 aliphatic carbocycles. The van der Waals surface area contributed by atoms with E-state index in [0.29, 0.717) is 13.0 Å². The van der Waals surface area contributed by atoms with Crippen molar-refractivity contribution in [3.05, 3.63) is 0 Å². The van der Waals surface area contributed by atoms with Crippen molar-refractivity contribution in [2.75, 3.05) is 20.4 Å². The quantitative estimate of drug-likeness (QED) is 0.517. The molecular formula is C7H16BO5P. The summed E-state index contributed by atoms with van der Waals surface area (Å²) in [6.07, 6.45) is 0.0492. The topological polar surface area (TPSA) is 65.0 Å². The lowest BCUT2D eigenvalue weighted by Crippen LogP contribution is -2.27. The zero-order valence-electron chi connectivity index (χ0n) is 8.67. The molecule has 1 aliphatic heterocycles. The van der Waals surface area contributed by atoms with Crippen molar-refractivity contribution in [3.8, 4) is 0 Å². The van der Waals surface area contributed by atoms with Crippen LogP contribution in [0, 0.1) is 0 Å². The molecule has 1 heterocycles. The molecular weight excluding hydrogens is 206 g/mol. The Morgan fingerprint density at radius 1 is 1.71 bits per heavy atom. The largest absolute Gasteiger partial charge is 0.382 e. The zero-order chi connectivity index (χ0) is 10.8. The lowest BCUT2D eigenvalue weighted by atomic mass is 9.96. The molecule has 0 spiro atoms. The van der Waals surface area contributed by atoms with Gasteiger partial charge in [0.2, 0.25) is 0 Å². The van der Waals surface area contributed by atoms with Crippen LogP contribution in [-0.4, -0.2) is 51.3 Å². The lowest BCUT2D eigenvalue weighted by Gasteiger charge is -2.19. The lowest BCUT2D eigenvalue weighted by molar-refractivity contribution is -0.0123. The van der Waals surface area contributed by atoms with Crippen LogP contribution in [0.2, 0.25) is 0 Å². The number of methoxy groups -OCH3 is 1. The van der Waals surface area contributed by atoms with Crippen LogP contribution in [-0.2, 0) is 18.6 Å². The average molecular weight is 222 g/mol. The molecule has 1 aliphatic rings. The second-order valence-corrected chi connectivity index (χ2v) is 5.44. The third-order valence-corrected chi connectivity index (χ3v) is 2.71. The molecule has 5 nitrogen and oxygen atoms in total. The molecule has 0 aromatic heterocycles. The van der Waals surface area contributed by atoms with Crippen LogP contribution in [0.15, 0.2) is 0 Å². The summed E-state index contributed by atoms with van der Waals surface area (Å²) < 4.78 is 26.5. The molecule has 1 fully saturated rings. The molecule has 1 saturated heterocycles. The van der Waals surface area contributed by atoms with E-state index in [0.717, 1.165) is 0 Å². The van der Waals surface area contributed by atoms with Crippen LogP contribution >= 0.6 is 7.60 Å². The van der Waals surface area contributed by atoms with Crippen molar-refractivity contribution >= 4 is 15.4 Å². The fourth-order valence-electron chi connectivity index (χ4n) is 1.59. The maximum atomic E-state index is 11.1. The molecule has 4 atom stereocenters. The second-order valence-electron chi connectivity index (χ2n) is 3.62. The van der Waals surface area contributed by atoms with Crippen LogP contribution in [0.3, 0.4) is 0 Å². The molecule has 0 bridgehead atoms. The molecule has 7 heteroatoms. The third-order valence-electron chi connectivity index (χ3n) is 2.05. The molecule has 1 N–H and O–H groups in total. The van der Waals surface area contributed by atoms with Crippen LogP contribution < -0.4 is 0 Å². The molecule has 0 amide bonds. The number of hydrogen-bond donors (Lipinski definition) is 1. The van der Waals surface area contributed by atoms with Gasteiger partial charge in [0.15, 0.2) is 0 Å². The molecule has 0 aromatic rings. The molecule has 0 saturated carbocycles. The third kappa shape index (κ3) is 3.71. The fourth-order valence-corrected chi connectivity index (χ4v) is 2.32. The SMILES string of the molecule is B[C@H]1CC(OP(C)(=O)O)[C@@H](COC)O1. The Labute approximate surface area is 84.7 Å². The number of ether oxygens (including phenoxy) is 2. The van der Waals surface area contributed by atoms with Gasteiger partial charge in [0.1, 0.15) is 14.0 Å². The summed E-state index contributed by atoms with van der Waals surface area (Å²) in [6, 6.07) is 0.0479. The Morgan fingerprint density at radius 2 is 2.36 bits per heavy atom. The predicted molar refractivity (Wildman–Crippen MR) is 54.3 cm³/mol. The summed E-state index contributed by atoms with van der Waals surface area (Å²) in [7, 11) is 0.0321. The summed E-state index contributed by atoms with van der Waals surface area (Å²) in [4.78, 5) is 9.09. The van der Waals surface area contributed by atoms with Gasteiger partial charge in [-0.1, -0.05) is 0 Å². The van der Waals surface area contributed by atoms with E-state index >= 15 is 0 Å². The Hall–Kier alpha value is 0.135. The van der Waals surface area contributed by atoms with Gasteiger partial charge in [0.25, 0.3) is 0 Å². The summed E-state index contributed by atoms with van der Waals surface area (Å²) in [6.45, 7) is 1.56. The molecule has 14 heavy (non-hydrogen) atoms. The van der Waals surface area contributed by atoms with E-state index in [1.165, 1.54) is 6.66 Å². The first-order chi connectivity index (χ1) is 6.42. The fraction of sp³-hybridized carbons (Fsp3) is 1.00. The number of hydrogen-bond acceptors (Lipinski definition) is 4. The monoisotopic (exact) mass is 222 g/mol. The van der Waals surface area contributed by atoms with Gasteiger partial charge in [-0.2, -0.15) is 0 Å². The highest BCUT2D eigenvalue weighted by atomic mass is 31.2. The Kier molecular flexibility index (Phi) is 4.16. The van der Waals surface area contributed by atoms with Gasteiger partial charge in [0, 0.05) is 19.8 Å². The summed E-state index contributed by atoms with van der Waals surface area (Å²) in [5.41, 5.74) is 0. The summed E-state index contributed by atoms with van der Waals surface area (Å²) >= 11 is 0. The van der Waals surface area contributed by atoms with Crippen molar-refractivity contribution in [2.45, 2.75) is 24.6 Å². The van der Waals surface area contributed by atoms with Gasteiger partial charge in [-0.3, -0.25) is 4.57 Å². The van der Waals surface area contributed by atoms with E-state index < -0.39 is 7.60 Å². The molecule has 0 radical (unpaired) electrons. The Bertz CT molecular complexity index is 230. The van der Waals surface area contributed by atoms with Gasteiger partial charge in [0.05, 0.1) is 12.7 Å². The Balaban J connectivity index is 2.53. The van der Waals surface area contributed by atoms with Crippen LogP contribution in [0.5, 0.6) is 0 Å². The van der Waals surface area contributed by atoms with Gasteiger partial charge >= 0.3 is 7.60 Å². The van der Waals surface area contributed by atoms with Gasteiger partial charge in [-0.05, 0) is 6.42 Å². The average Bonchev–Trinajstić information content (AvgIpc) is 2.28. The highest BCUT2D eigenvalue weighted by Gasteiger charge is 2.36. The molecule has 2 unspecified atom stereocenters. The van der Waals surface area contributed by atoms with Crippen LogP contribution in [0.1, 0.15) is 6.42 Å². The Morgan fingerprint density at radius 3 is 2.86 bits per heavy atom.